The molecule has 17 heavy (non-hydrogen) atoms. The minimum Gasteiger partial charge on any atom is -0.341 e. The van der Waals surface area contributed by atoms with Gasteiger partial charge in [0.25, 0.3) is 0 Å². The van der Waals surface area contributed by atoms with Crippen molar-refractivity contribution in [3.8, 4) is 0 Å². The summed E-state index contributed by atoms with van der Waals surface area (Å²) in [4.78, 5) is 31.1. The first-order valence-electron chi connectivity index (χ1n) is 5.59. The van der Waals surface area contributed by atoms with E-state index in [0.29, 0.717) is 29.7 Å². The second-order valence-corrected chi connectivity index (χ2v) is 4.66. The summed E-state index contributed by atoms with van der Waals surface area (Å²) in [5.41, 5.74) is 4.28. The summed E-state index contributed by atoms with van der Waals surface area (Å²) < 4.78 is 0. The topological polar surface area (TPSA) is 62.8 Å². The summed E-state index contributed by atoms with van der Waals surface area (Å²) in [5, 5.41) is 0. The Balaban J connectivity index is 2.16. The molecule has 0 saturated heterocycles. The Morgan fingerprint density at radius 2 is 1.65 bits per heavy atom. The fraction of sp³-hybridized carbons (Fsp3) is 0.308. The fourth-order valence-corrected chi connectivity index (χ4v) is 2.41. The highest BCUT2D eigenvalue weighted by atomic mass is 16.1. The first-order valence-corrected chi connectivity index (χ1v) is 5.59. The minimum absolute atomic E-state index is 0.0704. The van der Waals surface area contributed by atoms with Crippen LogP contribution in [0.4, 0.5) is 0 Å². The van der Waals surface area contributed by atoms with Gasteiger partial charge >= 0.3 is 0 Å². The molecule has 2 aliphatic carbocycles. The molecule has 0 saturated carbocycles. The maximum absolute atomic E-state index is 12.2. The van der Waals surface area contributed by atoms with Crippen molar-refractivity contribution >= 4 is 11.6 Å². The monoisotopic (exact) mass is 228 g/mol. The van der Waals surface area contributed by atoms with E-state index < -0.39 is 0 Å². The lowest BCUT2D eigenvalue weighted by molar-refractivity contribution is 0.0964. The summed E-state index contributed by atoms with van der Waals surface area (Å²) in [6, 6.07) is 0. The van der Waals surface area contributed by atoms with Crippen molar-refractivity contribution in [1.82, 2.24) is 9.97 Å². The molecular formula is C13H12N2O2. The number of aromatic nitrogens is 2. The molecule has 4 heteroatoms. The van der Waals surface area contributed by atoms with E-state index in [4.69, 9.17) is 0 Å². The van der Waals surface area contributed by atoms with Crippen LogP contribution in [-0.4, -0.2) is 21.5 Å². The van der Waals surface area contributed by atoms with Crippen LogP contribution in [0.1, 0.15) is 47.7 Å². The van der Waals surface area contributed by atoms with Gasteiger partial charge in [0.1, 0.15) is 11.4 Å². The number of ketones is 2. The first-order chi connectivity index (χ1) is 8.09. The summed E-state index contributed by atoms with van der Waals surface area (Å²) in [5.74, 6) is -0.165. The quantitative estimate of drug-likeness (QED) is 0.692. The predicted molar refractivity (Wildman–Crippen MR) is 61.9 cm³/mol. The normalized spacial score (nSPS) is 19.6. The van der Waals surface area contributed by atoms with E-state index in [1.807, 2.05) is 13.8 Å². The van der Waals surface area contributed by atoms with Crippen LogP contribution in [0.3, 0.4) is 0 Å². The van der Waals surface area contributed by atoms with Gasteiger partial charge in [-0.2, -0.15) is 0 Å². The van der Waals surface area contributed by atoms with Gasteiger partial charge in [-0.05, 0) is 26.7 Å². The van der Waals surface area contributed by atoms with Gasteiger partial charge in [0.2, 0.25) is 11.6 Å². The molecule has 4 nitrogen and oxygen atoms in total. The standard InChI is InChI=1S/C13H12N2O2/c1-6-3-8-9(4-7(6)2)13(17)11-10(12(8)16)14-5-15-11/h5H,3-4H2,1-2H3,(H,14,15). The molecule has 1 N–H and O–H groups in total. The van der Waals surface area contributed by atoms with Gasteiger partial charge in [0, 0.05) is 11.1 Å². The predicted octanol–water partition coefficient (Wildman–Crippen LogP) is 2.22. The van der Waals surface area contributed by atoms with Crippen LogP contribution in [0, 0.1) is 0 Å². The summed E-state index contributed by atoms with van der Waals surface area (Å²) in [6.45, 7) is 4.02. The molecule has 86 valence electrons. The SMILES string of the molecule is CC1=C(C)CC2=C(C1)C(=O)c1nc[nH]c1C2=O. The third-order valence-corrected chi connectivity index (χ3v) is 3.61. The third kappa shape index (κ3) is 1.27. The van der Waals surface area contributed by atoms with Crippen molar-refractivity contribution in [2.75, 3.05) is 0 Å². The zero-order chi connectivity index (χ0) is 12.2. The van der Waals surface area contributed by atoms with Gasteiger partial charge < -0.3 is 4.98 Å². The smallest absolute Gasteiger partial charge is 0.210 e. The first kappa shape index (κ1) is 10.2. The number of H-pyrrole nitrogens is 1. The van der Waals surface area contributed by atoms with Gasteiger partial charge in [0.15, 0.2) is 0 Å². The molecule has 1 heterocycles. The van der Waals surface area contributed by atoms with Crippen LogP contribution < -0.4 is 0 Å². The third-order valence-electron chi connectivity index (χ3n) is 3.61. The highest BCUT2D eigenvalue weighted by molar-refractivity contribution is 6.25. The molecule has 0 atom stereocenters. The molecule has 0 spiro atoms. The maximum atomic E-state index is 12.2. The molecule has 0 radical (unpaired) electrons. The van der Waals surface area contributed by atoms with Crippen LogP contribution in [0.15, 0.2) is 28.6 Å². The number of nitrogens with one attached hydrogen (secondary N) is 1. The van der Waals surface area contributed by atoms with Crippen molar-refractivity contribution in [3.05, 3.63) is 40.0 Å². The van der Waals surface area contributed by atoms with Gasteiger partial charge in [0.05, 0.1) is 6.33 Å². The molecule has 0 amide bonds. The number of hydrogen-bond donors (Lipinski definition) is 1. The van der Waals surface area contributed by atoms with E-state index >= 15 is 0 Å². The number of carbonyl (C=O) groups excluding carboxylic acids is 2. The highest BCUT2D eigenvalue weighted by Crippen LogP contribution is 2.36. The fourth-order valence-electron chi connectivity index (χ4n) is 2.41. The van der Waals surface area contributed by atoms with E-state index in [2.05, 4.69) is 9.97 Å². The number of carbonyl (C=O) groups is 2. The zero-order valence-corrected chi connectivity index (χ0v) is 9.76. The van der Waals surface area contributed by atoms with E-state index in [1.54, 1.807) is 0 Å². The zero-order valence-electron chi connectivity index (χ0n) is 9.76. The van der Waals surface area contributed by atoms with Gasteiger partial charge in [-0.1, -0.05) is 11.1 Å². The Morgan fingerprint density at radius 1 is 1.06 bits per heavy atom. The largest absolute Gasteiger partial charge is 0.341 e. The van der Waals surface area contributed by atoms with Crippen molar-refractivity contribution in [3.63, 3.8) is 0 Å². The number of fused-ring (bicyclic) bond motifs is 1. The molecular weight excluding hydrogens is 216 g/mol. The van der Waals surface area contributed by atoms with Crippen LogP contribution in [0.2, 0.25) is 0 Å². The number of aromatic amines is 1. The number of rotatable bonds is 0. The number of allylic oxidation sites excluding steroid dienone is 4. The molecule has 2 aliphatic rings. The Labute approximate surface area is 98.4 Å². The van der Waals surface area contributed by atoms with Gasteiger partial charge in [-0.25, -0.2) is 4.98 Å². The van der Waals surface area contributed by atoms with Crippen LogP contribution in [0.25, 0.3) is 0 Å². The van der Waals surface area contributed by atoms with Crippen LogP contribution >= 0.6 is 0 Å². The number of Topliss-reactive ketones (excluding diaryl/α,β-unsaturated/α-hetero) is 2. The van der Waals surface area contributed by atoms with Crippen molar-refractivity contribution in [2.24, 2.45) is 0 Å². The van der Waals surface area contributed by atoms with Gasteiger partial charge in [-0.3, -0.25) is 9.59 Å². The Bertz CT molecular complexity index is 567. The Morgan fingerprint density at radius 3 is 2.29 bits per heavy atom. The van der Waals surface area contributed by atoms with Crippen molar-refractivity contribution < 1.29 is 9.59 Å². The molecule has 1 aromatic heterocycles. The number of imidazole rings is 1. The molecule has 3 rings (SSSR count). The summed E-state index contributed by atoms with van der Waals surface area (Å²) in [7, 11) is 0. The van der Waals surface area contributed by atoms with Crippen LogP contribution in [-0.2, 0) is 0 Å². The molecule has 0 fully saturated rings. The number of nitrogens with zero attached hydrogens (tertiary/aromatic N) is 1. The van der Waals surface area contributed by atoms with E-state index in [1.165, 1.54) is 17.5 Å². The lowest BCUT2D eigenvalue weighted by atomic mass is 9.79. The Kier molecular flexibility index (Phi) is 1.96. The lowest BCUT2D eigenvalue weighted by Gasteiger charge is -2.24. The van der Waals surface area contributed by atoms with Gasteiger partial charge in [-0.15, -0.1) is 0 Å². The van der Waals surface area contributed by atoms with E-state index in [-0.39, 0.29) is 17.3 Å². The maximum Gasteiger partial charge on any atom is 0.210 e. The number of hydrogen-bond acceptors (Lipinski definition) is 3. The molecule has 0 bridgehead atoms. The molecule has 0 aromatic carbocycles. The molecule has 0 aliphatic heterocycles. The average molecular weight is 228 g/mol. The highest BCUT2D eigenvalue weighted by Gasteiger charge is 2.35. The average Bonchev–Trinajstić information content (AvgIpc) is 2.78. The van der Waals surface area contributed by atoms with E-state index in [0.717, 1.165) is 0 Å². The summed E-state index contributed by atoms with van der Waals surface area (Å²) >= 11 is 0. The van der Waals surface area contributed by atoms with Crippen molar-refractivity contribution in [1.29, 1.82) is 0 Å². The Hall–Kier alpha value is -1.97. The summed E-state index contributed by atoms with van der Waals surface area (Å²) in [6.07, 6.45) is 2.58. The van der Waals surface area contributed by atoms with Crippen LogP contribution in [0.5, 0.6) is 0 Å². The second-order valence-electron chi connectivity index (χ2n) is 4.66. The van der Waals surface area contributed by atoms with E-state index in [9.17, 15) is 9.59 Å². The minimum atomic E-state index is -0.0947. The molecule has 1 aromatic rings. The molecule has 0 unspecified atom stereocenters. The lowest BCUT2D eigenvalue weighted by Crippen LogP contribution is -2.24. The second kappa shape index (κ2) is 3.26. The van der Waals surface area contributed by atoms with Crippen molar-refractivity contribution in [2.45, 2.75) is 26.7 Å².